The Morgan fingerprint density at radius 1 is 1.50 bits per heavy atom. The fraction of sp³-hybridized carbons (Fsp3) is 0.200. The third kappa shape index (κ3) is 2.26. The molecule has 0 atom stereocenters. The first-order valence-corrected chi connectivity index (χ1v) is 6.47. The van der Waals surface area contributed by atoms with Gasteiger partial charge in [0, 0.05) is 0 Å². The highest BCUT2D eigenvalue weighted by molar-refractivity contribution is 8.23. The smallest absolute Gasteiger partial charge is 0.311 e. The SMILES string of the molecule is COc1cccc2c1NC(CC(=O)O)=NS2(O)O. The Morgan fingerprint density at radius 2 is 2.22 bits per heavy atom. The largest absolute Gasteiger partial charge is 0.495 e. The van der Waals surface area contributed by atoms with Crippen molar-refractivity contribution in [2.45, 2.75) is 11.3 Å². The van der Waals surface area contributed by atoms with Crippen molar-refractivity contribution in [1.82, 2.24) is 0 Å². The molecule has 0 saturated heterocycles. The van der Waals surface area contributed by atoms with E-state index in [1.807, 2.05) is 0 Å². The number of carboxylic acids is 1. The van der Waals surface area contributed by atoms with Crippen LogP contribution in [0.25, 0.3) is 0 Å². The van der Waals surface area contributed by atoms with Gasteiger partial charge < -0.3 is 15.2 Å². The van der Waals surface area contributed by atoms with Crippen LogP contribution < -0.4 is 10.1 Å². The normalized spacial score (nSPS) is 18.1. The Morgan fingerprint density at radius 3 is 2.83 bits per heavy atom. The lowest BCUT2D eigenvalue weighted by atomic mass is 10.2. The van der Waals surface area contributed by atoms with Gasteiger partial charge in [-0.25, -0.2) is 0 Å². The zero-order valence-corrected chi connectivity index (χ0v) is 10.3. The fourth-order valence-corrected chi connectivity index (χ4v) is 2.82. The molecule has 0 fully saturated rings. The van der Waals surface area contributed by atoms with Crippen molar-refractivity contribution < 1.29 is 23.7 Å². The van der Waals surface area contributed by atoms with Crippen LogP contribution in [0, 0.1) is 0 Å². The van der Waals surface area contributed by atoms with Crippen molar-refractivity contribution in [2.75, 3.05) is 12.4 Å². The Hall–Kier alpha value is -1.77. The molecule has 1 aromatic carbocycles. The lowest BCUT2D eigenvalue weighted by Gasteiger charge is -2.34. The van der Waals surface area contributed by atoms with Crippen molar-refractivity contribution >= 4 is 28.3 Å². The molecule has 0 radical (unpaired) electrons. The first kappa shape index (κ1) is 12.7. The second kappa shape index (κ2) is 4.48. The summed E-state index contributed by atoms with van der Waals surface area (Å²) in [7, 11) is -1.95. The van der Waals surface area contributed by atoms with Crippen molar-refractivity contribution in [1.29, 1.82) is 0 Å². The van der Waals surface area contributed by atoms with Crippen LogP contribution in [-0.4, -0.2) is 33.1 Å². The van der Waals surface area contributed by atoms with Gasteiger partial charge in [-0.3, -0.25) is 13.9 Å². The first-order chi connectivity index (χ1) is 8.44. The van der Waals surface area contributed by atoms with E-state index in [0.717, 1.165) is 0 Å². The predicted molar refractivity (Wildman–Crippen MR) is 67.4 cm³/mol. The lowest BCUT2D eigenvalue weighted by molar-refractivity contribution is -0.135. The number of aliphatic carboxylic acids is 1. The van der Waals surface area contributed by atoms with E-state index in [4.69, 9.17) is 9.84 Å². The molecule has 0 amide bonds. The number of anilines is 1. The second-order valence-electron chi connectivity index (χ2n) is 3.59. The number of amidine groups is 1. The van der Waals surface area contributed by atoms with Gasteiger partial charge in [0.25, 0.3) is 0 Å². The zero-order valence-electron chi connectivity index (χ0n) is 9.45. The number of ether oxygens (including phenoxy) is 1. The van der Waals surface area contributed by atoms with Gasteiger partial charge in [-0.15, -0.1) is 4.40 Å². The van der Waals surface area contributed by atoms with Crippen LogP contribution in [0.15, 0.2) is 27.5 Å². The van der Waals surface area contributed by atoms with E-state index in [2.05, 4.69) is 9.71 Å². The summed E-state index contributed by atoms with van der Waals surface area (Å²) in [5.41, 5.74) is 0.339. The molecule has 1 heterocycles. The molecule has 0 unspecified atom stereocenters. The number of hydrogen-bond donors (Lipinski definition) is 4. The summed E-state index contributed by atoms with van der Waals surface area (Å²) in [6, 6.07) is 4.73. The summed E-state index contributed by atoms with van der Waals surface area (Å²) in [4.78, 5) is 10.8. The maximum absolute atomic E-state index is 10.6. The summed E-state index contributed by atoms with van der Waals surface area (Å²) < 4.78 is 28.5. The van der Waals surface area contributed by atoms with Crippen LogP contribution in [-0.2, 0) is 4.79 Å². The van der Waals surface area contributed by atoms with E-state index in [0.29, 0.717) is 11.4 Å². The molecule has 1 aromatic rings. The predicted octanol–water partition coefficient (Wildman–Crippen LogP) is 2.02. The molecule has 7 nitrogen and oxygen atoms in total. The maximum Gasteiger partial charge on any atom is 0.311 e. The molecule has 18 heavy (non-hydrogen) atoms. The highest BCUT2D eigenvalue weighted by atomic mass is 32.3. The van der Waals surface area contributed by atoms with Crippen LogP contribution in [0.3, 0.4) is 0 Å². The number of methoxy groups -OCH3 is 1. The molecule has 1 aliphatic rings. The van der Waals surface area contributed by atoms with E-state index >= 15 is 0 Å². The van der Waals surface area contributed by atoms with Gasteiger partial charge in [-0.1, -0.05) is 16.8 Å². The minimum absolute atomic E-state index is 0.0144. The molecule has 0 saturated carbocycles. The zero-order chi connectivity index (χ0) is 13.3. The Kier molecular flexibility index (Phi) is 3.16. The standard InChI is InChI=1S/C10H12N2O5S/c1-17-6-3-2-4-7-10(6)11-8(5-9(13)14)12-18(7,15)16/h2-4,15-16H,5H2,1H3,(H,11,12)(H,13,14). The van der Waals surface area contributed by atoms with Crippen molar-refractivity contribution in [2.24, 2.45) is 4.40 Å². The van der Waals surface area contributed by atoms with E-state index in [-0.39, 0.29) is 10.7 Å². The van der Waals surface area contributed by atoms with Crippen LogP contribution in [0.4, 0.5) is 5.69 Å². The summed E-state index contributed by atoms with van der Waals surface area (Å²) in [6.45, 7) is 0. The van der Waals surface area contributed by atoms with Crippen molar-refractivity contribution in [3.05, 3.63) is 18.2 Å². The molecule has 0 bridgehead atoms. The Balaban J connectivity index is 2.48. The molecule has 98 valence electrons. The number of nitrogens with zero attached hydrogens (tertiary/aromatic N) is 1. The van der Waals surface area contributed by atoms with Crippen LogP contribution >= 0.6 is 10.8 Å². The molecular formula is C10H12N2O5S. The van der Waals surface area contributed by atoms with Gasteiger partial charge in [0.05, 0.1) is 7.11 Å². The van der Waals surface area contributed by atoms with Crippen molar-refractivity contribution in [3.8, 4) is 5.75 Å². The van der Waals surface area contributed by atoms with Gasteiger partial charge in [-0.05, 0) is 12.1 Å². The molecule has 2 rings (SSSR count). The fourth-order valence-electron chi connectivity index (χ4n) is 1.62. The number of nitrogens with one attached hydrogen (secondary N) is 1. The lowest BCUT2D eigenvalue weighted by Crippen LogP contribution is -2.23. The first-order valence-electron chi connectivity index (χ1n) is 4.97. The number of fused-ring (bicyclic) bond motifs is 1. The molecule has 8 heteroatoms. The Bertz CT molecular complexity index is 529. The highest BCUT2D eigenvalue weighted by Crippen LogP contribution is 2.57. The van der Waals surface area contributed by atoms with E-state index < -0.39 is 23.2 Å². The van der Waals surface area contributed by atoms with Gasteiger partial charge >= 0.3 is 5.97 Å². The molecule has 0 aliphatic carbocycles. The van der Waals surface area contributed by atoms with Crippen LogP contribution in [0.2, 0.25) is 0 Å². The third-order valence-corrected chi connectivity index (χ3v) is 3.73. The summed E-state index contributed by atoms with van der Waals surface area (Å²) in [5.74, 6) is -0.737. The molecule has 0 spiro atoms. The van der Waals surface area contributed by atoms with Gasteiger partial charge in [-0.2, -0.15) is 0 Å². The molecule has 0 aromatic heterocycles. The Labute approximate surface area is 105 Å². The summed E-state index contributed by atoms with van der Waals surface area (Å²) in [6.07, 6.45) is -0.423. The van der Waals surface area contributed by atoms with Gasteiger partial charge in [0.2, 0.25) is 0 Å². The van der Waals surface area contributed by atoms with E-state index in [9.17, 15) is 13.9 Å². The molecular weight excluding hydrogens is 260 g/mol. The average Bonchev–Trinajstić information content (AvgIpc) is 2.26. The second-order valence-corrected chi connectivity index (χ2v) is 5.25. The number of benzene rings is 1. The maximum atomic E-state index is 10.6. The number of para-hydroxylation sites is 1. The molecule has 1 aliphatic heterocycles. The monoisotopic (exact) mass is 272 g/mol. The van der Waals surface area contributed by atoms with Crippen molar-refractivity contribution in [3.63, 3.8) is 0 Å². The minimum Gasteiger partial charge on any atom is -0.495 e. The molecule has 4 N–H and O–H groups in total. The number of rotatable bonds is 3. The van der Waals surface area contributed by atoms with Crippen LogP contribution in [0.5, 0.6) is 5.75 Å². The van der Waals surface area contributed by atoms with Gasteiger partial charge in [0.1, 0.15) is 28.6 Å². The van der Waals surface area contributed by atoms with Gasteiger partial charge in [0.15, 0.2) is 0 Å². The summed E-state index contributed by atoms with van der Waals surface area (Å²) >= 11 is 0. The van der Waals surface area contributed by atoms with E-state index in [1.54, 1.807) is 12.1 Å². The van der Waals surface area contributed by atoms with E-state index in [1.165, 1.54) is 13.2 Å². The minimum atomic E-state index is -3.39. The topological polar surface area (TPSA) is 111 Å². The summed E-state index contributed by atoms with van der Waals surface area (Å²) in [5, 5.41) is 11.5. The number of carbonyl (C=O) groups is 1. The third-order valence-electron chi connectivity index (χ3n) is 2.33. The number of carboxylic acid groups (broad SMARTS) is 1. The number of hydrogen-bond acceptors (Lipinski definition) is 6. The van der Waals surface area contributed by atoms with Crippen LogP contribution in [0.1, 0.15) is 6.42 Å². The highest BCUT2D eigenvalue weighted by Gasteiger charge is 2.28. The quantitative estimate of drug-likeness (QED) is 0.669. The average molecular weight is 272 g/mol.